The Kier molecular flexibility index (Phi) is 4.19. The molecule has 3 heterocycles. The topological polar surface area (TPSA) is 89.7 Å². The van der Waals surface area contributed by atoms with Crippen molar-refractivity contribution >= 4 is 5.91 Å². The summed E-state index contributed by atoms with van der Waals surface area (Å²) in [6, 6.07) is 0.142. The Bertz CT molecular complexity index is 641. The van der Waals surface area contributed by atoms with Crippen molar-refractivity contribution in [2.45, 2.75) is 31.8 Å². The van der Waals surface area contributed by atoms with E-state index in [1.807, 2.05) is 20.2 Å². The quantitative estimate of drug-likeness (QED) is 0.855. The van der Waals surface area contributed by atoms with Gasteiger partial charge in [-0.25, -0.2) is 9.67 Å². The van der Waals surface area contributed by atoms with Crippen molar-refractivity contribution in [3.8, 4) is 0 Å². The van der Waals surface area contributed by atoms with E-state index >= 15 is 0 Å². The predicted octanol–water partition coefficient (Wildman–Crippen LogP) is 0.427. The third-order valence-electron chi connectivity index (χ3n) is 3.93. The Labute approximate surface area is 128 Å². The highest BCUT2D eigenvalue weighted by Gasteiger charge is 2.20. The van der Waals surface area contributed by atoms with Crippen LogP contribution in [0.5, 0.6) is 0 Å². The van der Waals surface area contributed by atoms with Crippen molar-refractivity contribution in [1.29, 1.82) is 0 Å². The fraction of sp³-hybridized carbons (Fsp3) is 0.571. The number of hydrogen-bond acceptors (Lipinski definition) is 5. The first-order chi connectivity index (χ1) is 10.6. The molecule has 1 aliphatic heterocycles. The predicted molar refractivity (Wildman–Crippen MR) is 80.3 cm³/mol. The molecule has 0 spiro atoms. The van der Waals surface area contributed by atoms with Crippen molar-refractivity contribution in [2.24, 2.45) is 7.05 Å². The van der Waals surface area contributed by atoms with Crippen molar-refractivity contribution in [1.82, 2.24) is 35.2 Å². The molecule has 8 heteroatoms. The summed E-state index contributed by atoms with van der Waals surface area (Å²) in [6.07, 6.45) is 7.43. The van der Waals surface area contributed by atoms with Crippen LogP contribution in [0, 0.1) is 0 Å². The zero-order chi connectivity index (χ0) is 15.5. The number of carbonyl (C=O) groups excluding carboxylic acids is 1. The lowest BCUT2D eigenvalue weighted by atomic mass is 10.1. The Morgan fingerprint density at radius 1 is 1.55 bits per heavy atom. The maximum atomic E-state index is 12.2. The first kappa shape index (κ1) is 14.7. The fourth-order valence-electron chi connectivity index (χ4n) is 2.62. The van der Waals surface area contributed by atoms with E-state index < -0.39 is 0 Å². The summed E-state index contributed by atoms with van der Waals surface area (Å²) < 4.78 is 3.50. The minimum Gasteiger partial charge on any atom is -0.343 e. The largest absolute Gasteiger partial charge is 0.343 e. The second kappa shape index (κ2) is 6.27. The summed E-state index contributed by atoms with van der Waals surface area (Å²) in [6.45, 7) is 3.83. The van der Waals surface area contributed by atoms with Crippen LogP contribution in [0.3, 0.4) is 0 Å². The molecule has 1 aliphatic rings. The number of nitrogens with one attached hydrogen (secondary N) is 2. The molecule has 22 heavy (non-hydrogen) atoms. The van der Waals surface area contributed by atoms with Gasteiger partial charge < -0.3 is 10.6 Å². The first-order valence-electron chi connectivity index (χ1n) is 7.55. The van der Waals surface area contributed by atoms with E-state index in [-0.39, 0.29) is 23.8 Å². The molecule has 2 aromatic heterocycles. The highest BCUT2D eigenvalue weighted by molar-refractivity contribution is 5.90. The summed E-state index contributed by atoms with van der Waals surface area (Å²) in [7, 11) is 1.85. The molecule has 2 N–H and O–H groups in total. The number of aromatic nitrogens is 5. The van der Waals surface area contributed by atoms with E-state index in [2.05, 4.69) is 25.8 Å². The Hall–Kier alpha value is -2.22. The van der Waals surface area contributed by atoms with Crippen LogP contribution in [-0.2, 0) is 7.05 Å². The fourth-order valence-corrected chi connectivity index (χ4v) is 2.62. The molecule has 0 bridgehead atoms. The maximum absolute atomic E-state index is 12.2. The lowest BCUT2D eigenvalue weighted by Crippen LogP contribution is -2.32. The average molecular weight is 303 g/mol. The van der Waals surface area contributed by atoms with Crippen LogP contribution in [0.25, 0.3) is 0 Å². The molecule has 2 aromatic rings. The smallest absolute Gasteiger partial charge is 0.291 e. The number of amides is 1. The van der Waals surface area contributed by atoms with Crippen LogP contribution in [0.2, 0.25) is 0 Å². The van der Waals surface area contributed by atoms with Crippen LogP contribution < -0.4 is 10.6 Å². The van der Waals surface area contributed by atoms with Crippen LogP contribution in [0.4, 0.5) is 0 Å². The zero-order valence-electron chi connectivity index (χ0n) is 12.9. The number of nitrogens with zero attached hydrogens (tertiary/aromatic N) is 5. The van der Waals surface area contributed by atoms with E-state index in [0.717, 1.165) is 31.5 Å². The lowest BCUT2D eigenvalue weighted by molar-refractivity contribution is 0.0928. The van der Waals surface area contributed by atoms with Gasteiger partial charge in [0.05, 0.1) is 18.3 Å². The van der Waals surface area contributed by atoms with Crippen molar-refractivity contribution in [3.05, 3.63) is 30.1 Å². The normalized spacial score (nSPS) is 19.8. The minimum atomic E-state index is -0.265. The van der Waals surface area contributed by atoms with Gasteiger partial charge in [0.25, 0.3) is 5.91 Å². The lowest BCUT2D eigenvalue weighted by Gasteiger charge is -2.22. The van der Waals surface area contributed by atoms with Gasteiger partial charge in [-0.3, -0.25) is 9.48 Å². The molecule has 2 atom stereocenters. The molecule has 0 aliphatic carbocycles. The van der Waals surface area contributed by atoms with Gasteiger partial charge >= 0.3 is 0 Å². The van der Waals surface area contributed by atoms with Gasteiger partial charge in [-0.2, -0.15) is 5.10 Å². The highest BCUT2D eigenvalue weighted by Crippen LogP contribution is 2.15. The van der Waals surface area contributed by atoms with Gasteiger partial charge in [-0.15, -0.1) is 5.10 Å². The second-order valence-electron chi connectivity index (χ2n) is 5.69. The zero-order valence-corrected chi connectivity index (χ0v) is 12.9. The Balaban J connectivity index is 1.63. The number of aryl methyl sites for hydroxylation is 1. The second-order valence-corrected chi connectivity index (χ2v) is 5.69. The molecule has 8 nitrogen and oxygen atoms in total. The summed E-state index contributed by atoms with van der Waals surface area (Å²) in [5, 5.41) is 14.6. The van der Waals surface area contributed by atoms with E-state index in [4.69, 9.17) is 0 Å². The van der Waals surface area contributed by atoms with Gasteiger partial charge in [-0.05, 0) is 26.3 Å². The number of piperidine rings is 1. The van der Waals surface area contributed by atoms with Gasteiger partial charge in [0.1, 0.15) is 6.33 Å². The minimum absolute atomic E-state index is 0.135. The molecule has 0 aromatic carbocycles. The van der Waals surface area contributed by atoms with Crippen LogP contribution in [0.15, 0.2) is 18.7 Å². The Morgan fingerprint density at radius 3 is 3.09 bits per heavy atom. The third kappa shape index (κ3) is 3.16. The Morgan fingerprint density at radius 2 is 2.41 bits per heavy atom. The molecule has 0 unspecified atom stereocenters. The summed E-state index contributed by atoms with van der Waals surface area (Å²) >= 11 is 0. The molecule has 1 saturated heterocycles. The molecular formula is C14H21N7O. The summed E-state index contributed by atoms with van der Waals surface area (Å²) in [5.41, 5.74) is 0.951. The molecule has 1 fully saturated rings. The van der Waals surface area contributed by atoms with E-state index in [1.165, 1.54) is 0 Å². The summed E-state index contributed by atoms with van der Waals surface area (Å²) in [5.74, 6) is -0.0554. The third-order valence-corrected chi connectivity index (χ3v) is 3.93. The molecule has 118 valence electrons. The van der Waals surface area contributed by atoms with E-state index in [1.54, 1.807) is 21.9 Å². The van der Waals surface area contributed by atoms with E-state index in [0.29, 0.717) is 0 Å². The molecule has 3 rings (SSSR count). The average Bonchev–Trinajstić information content (AvgIpc) is 3.17. The molecular weight excluding hydrogens is 282 g/mol. The van der Waals surface area contributed by atoms with Gasteiger partial charge in [0, 0.05) is 25.4 Å². The number of rotatable bonds is 4. The van der Waals surface area contributed by atoms with Crippen molar-refractivity contribution in [2.75, 3.05) is 13.1 Å². The molecule has 0 saturated carbocycles. The maximum Gasteiger partial charge on any atom is 0.291 e. The van der Waals surface area contributed by atoms with Gasteiger partial charge in [0.15, 0.2) is 0 Å². The number of carbonyl (C=O) groups is 1. The van der Waals surface area contributed by atoms with Crippen LogP contribution >= 0.6 is 0 Å². The van der Waals surface area contributed by atoms with Crippen molar-refractivity contribution < 1.29 is 4.79 Å². The van der Waals surface area contributed by atoms with E-state index in [9.17, 15) is 4.79 Å². The first-order valence-corrected chi connectivity index (χ1v) is 7.55. The van der Waals surface area contributed by atoms with Gasteiger partial charge in [-0.1, -0.05) is 0 Å². The number of hydrogen-bond donors (Lipinski definition) is 2. The van der Waals surface area contributed by atoms with Crippen LogP contribution in [0.1, 0.15) is 48.0 Å². The van der Waals surface area contributed by atoms with Crippen LogP contribution in [-0.4, -0.2) is 43.5 Å². The highest BCUT2D eigenvalue weighted by atomic mass is 16.2. The SMILES string of the molecule is C[C@@H](NC(=O)c1ncn([C@@H]2CCCNC2)n1)c1cnn(C)c1. The molecule has 1 amide bonds. The van der Waals surface area contributed by atoms with Gasteiger partial charge in [0.2, 0.25) is 5.82 Å². The summed E-state index contributed by atoms with van der Waals surface area (Å²) in [4.78, 5) is 16.4. The molecule has 0 radical (unpaired) electrons. The van der Waals surface area contributed by atoms with Crippen molar-refractivity contribution in [3.63, 3.8) is 0 Å². The monoisotopic (exact) mass is 303 g/mol. The standard InChI is InChI=1S/C14H21N7O/c1-10(11-6-17-20(2)8-11)18-14(22)13-16-9-21(19-13)12-4-3-5-15-7-12/h6,8-10,12,15H,3-5,7H2,1-2H3,(H,18,22)/t10-,12-/m1/s1.